The number of amides is 6. The second-order valence-corrected chi connectivity index (χ2v) is 21.7. The quantitative estimate of drug-likeness (QED) is 0.0640. The molecule has 4 heterocycles. The van der Waals surface area contributed by atoms with E-state index in [4.69, 9.17) is 14.2 Å². The molecule has 2 aromatic carbocycles. The summed E-state index contributed by atoms with van der Waals surface area (Å²) in [5.74, 6) is -3.34. The van der Waals surface area contributed by atoms with E-state index >= 15 is 8.78 Å². The zero-order valence-electron chi connectivity index (χ0n) is 45.0. The van der Waals surface area contributed by atoms with Gasteiger partial charge in [-0.3, -0.25) is 33.8 Å². The second kappa shape index (κ2) is 22.8. The molecule has 2 aliphatic rings. The Hall–Kier alpha value is -6.73. The minimum absolute atomic E-state index is 0.0240. The molecule has 0 bridgehead atoms. The van der Waals surface area contributed by atoms with Crippen LogP contribution in [0.5, 0.6) is 0 Å². The molecular formula is C54H74F2N8O10. The molecule has 6 rings (SSSR count). The number of likely N-dealkylation sites (N-methyl/N-ethyl adjacent to an activating group) is 2. The maximum Gasteiger partial charge on any atom is 0.410 e. The molecule has 2 saturated heterocycles. The van der Waals surface area contributed by atoms with Gasteiger partial charge >= 0.3 is 18.2 Å². The highest BCUT2D eigenvalue weighted by molar-refractivity contribution is 5.97. The molecule has 18 nitrogen and oxygen atoms in total. The average Bonchev–Trinajstić information content (AvgIpc) is 4.11. The molecule has 7 atom stereocenters. The van der Waals surface area contributed by atoms with Crippen LogP contribution in [0.25, 0.3) is 33.2 Å². The van der Waals surface area contributed by atoms with Gasteiger partial charge in [0.2, 0.25) is 23.6 Å². The Morgan fingerprint density at radius 2 is 1.14 bits per heavy atom. The van der Waals surface area contributed by atoms with Gasteiger partial charge in [-0.1, -0.05) is 13.8 Å². The number of aromatic amines is 2. The molecule has 0 radical (unpaired) electrons. The number of likely N-dealkylation sites (tertiary alicyclic amines) is 2. The van der Waals surface area contributed by atoms with Gasteiger partial charge in [-0.05, 0) is 141 Å². The minimum atomic E-state index is -1.03. The van der Waals surface area contributed by atoms with Gasteiger partial charge in [0.1, 0.15) is 53.1 Å². The van der Waals surface area contributed by atoms with Crippen molar-refractivity contribution in [3.8, 4) is 11.4 Å². The molecule has 0 unspecified atom stereocenters. The normalized spacial score (nSPS) is 18.7. The Morgan fingerprint density at radius 1 is 0.703 bits per heavy atom. The van der Waals surface area contributed by atoms with Crippen LogP contribution in [0.15, 0.2) is 36.4 Å². The standard InChI is InChI=1S/C54H74F2N8O10/c1-14-41(59-47(66)29(3)61(12)51(70)73-53(6,7)8)49(68)63-22-16-17-34(63)26-39-37-20-18-32(55)23-43(37)57-45(39)46-40(38-21-19-33(56)24-44(38)58-46)27-35-25-36(72-31(5)65)28-64(35)50(69)42(15-2)60-48(67)30(4)62(13)52(71)74-54(9,10)11/h18-21,23-24,29-30,34-36,41-42,57-58H,14-17,22,25-28H2,1-13H3,(H,59,66)(H,60,67)/t29-,30-,34-,35-,36-,41-,42-/m0/s1. The first-order valence-corrected chi connectivity index (χ1v) is 25.5. The summed E-state index contributed by atoms with van der Waals surface area (Å²) in [5, 5.41) is 7.02. The number of aromatic nitrogens is 2. The van der Waals surface area contributed by atoms with E-state index in [2.05, 4.69) is 20.6 Å². The highest BCUT2D eigenvalue weighted by Gasteiger charge is 2.42. The first-order valence-electron chi connectivity index (χ1n) is 25.5. The van der Waals surface area contributed by atoms with E-state index < -0.39 is 95.0 Å². The van der Waals surface area contributed by atoms with Crippen LogP contribution in [0.2, 0.25) is 0 Å². The molecule has 4 N–H and O–H groups in total. The summed E-state index contributed by atoms with van der Waals surface area (Å²) in [7, 11) is 2.90. The summed E-state index contributed by atoms with van der Waals surface area (Å²) in [6, 6.07) is 3.92. The molecule has 74 heavy (non-hydrogen) atoms. The van der Waals surface area contributed by atoms with E-state index in [9.17, 15) is 33.6 Å². The van der Waals surface area contributed by atoms with Crippen molar-refractivity contribution in [3.05, 3.63) is 59.2 Å². The van der Waals surface area contributed by atoms with Gasteiger partial charge < -0.3 is 44.6 Å². The number of carbonyl (C=O) groups excluding carboxylic acids is 7. The number of hydrogen-bond acceptors (Lipinski definition) is 10. The summed E-state index contributed by atoms with van der Waals surface area (Å²) in [6.45, 7) is 18.7. The molecule has 6 amide bonds. The van der Waals surface area contributed by atoms with Crippen molar-refractivity contribution in [1.29, 1.82) is 0 Å². The van der Waals surface area contributed by atoms with Gasteiger partial charge in [-0.2, -0.15) is 0 Å². The van der Waals surface area contributed by atoms with E-state index in [1.165, 1.54) is 57.1 Å². The second-order valence-electron chi connectivity index (χ2n) is 21.7. The van der Waals surface area contributed by atoms with E-state index in [0.29, 0.717) is 64.6 Å². The molecular weight excluding hydrogens is 959 g/mol. The molecule has 0 aliphatic carbocycles. The predicted octanol–water partition coefficient (Wildman–Crippen LogP) is 7.50. The summed E-state index contributed by atoms with van der Waals surface area (Å²) in [5.41, 5.74) is 1.88. The van der Waals surface area contributed by atoms with E-state index in [-0.39, 0.29) is 44.2 Å². The van der Waals surface area contributed by atoms with Crippen molar-refractivity contribution in [2.75, 3.05) is 27.2 Å². The van der Waals surface area contributed by atoms with Crippen molar-refractivity contribution in [2.24, 2.45) is 0 Å². The summed E-state index contributed by atoms with van der Waals surface area (Å²) in [4.78, 5) is 107. The summed E-state index contributed by atoms with van der Waals surface area (Å²) < 4.78 is 46.8. The SMILES string of the molecule is CC[C@H](NC(=O)[C@H](C)N(C)C(=O)OC(C)(C)C)C(=O)N1CCC[C@H]1Cc1c(-c2[nH]c3cc(F)ccc3c2C[C@@H]2C[C@H](OC(C)=O)CN2C(=O)[C@H](CC)NC(=O)[C@H](C)N(C)C(=O)OC(C)(C)C)[nH]c2cc(F)ccc12. The smallest absolute Gasteiger partial charge is 0.410 e. The highest BCUT2D eigenvalue weighted by Crippen LogP contribution is 2.40. The van der Waals surface area contributed by atoms with E-state index in [1.807, 2.05) is 0 Å². The maximum absolute atomic E-state index is 15.1. The van der Waals surface area contributed by atoms with Crippen LogP contribution in [-0.2, 0) is 51.0 Å². The molecule has 0 spiro atoms. The van der Waals surface area contributed by atoms with Crippen LogP contribution in [-0.4, -0.2) is 152 Å². The molecule has 2 aliphatic heterocycles. The van der Waals surface area contributed by atoms with Gasteiger partial charge in [0.05, 0.1) is 17.9 Å². The lowest BCUT2D eigenvalue weighted by Crippen LogP contribution is -2.55. The third-order valence-corrected chi connectivity index (χ3v) is 13.8. The zero-order valence-corrected chi connectivity index (χ0v) is 45.0. The third-order valence-electron chi connectivity index (χ3n) is 13.8. The maximum atomic E-state index is 15.1. The molecule has 2 fully saturated rings. The van der Waals surface area contributed by atoms with Crippen LogP contribution in [0.3, 0.4) is 0 Å². The molecule has 4 aromatic rings. The number of halogens is 2. The Labute approximate surface area is 431 Å². The highest BCUT2D eigenvalue weighted by atomic mass is 19.1. The van der Waals surface area contributed by atoms with Gasteiger partial charge in [0.15, 0.2) is 0 Å². The largest absolute Gasteiger partial charge is 0.461 e. The zero-order chi connectivity index (χ0) is 54.7. The van der Waals surface area contributed by atoms with E-state index in [1.54, 1.807) is 84.2 Å². The van der Waals surface area contributed by atoms with Crippen molar-refractivity contribution >= 4 is 63.6 Å². The molecule has 2 aromatic heterocycles. The summed E-state index contributed by atoms with van der Waals surface area (Å²) >= 11 is 0. The lowest BCUT2D eigenvalue weighted by atomic mass is 9.94. The van der Waals surface area contributed by atoms with Crippen molar-refractivity contribution in [2.45, 2.75) is 175 Å². The number of fused-ring (bicyclic) bond motifs is 2. The van der Waals surface area contributed by atoms with Gasteiger partial charge in [-0.25, -0.2) is 18.4 Å². The van der Waals surface area contributed by atoms with Gasteiger partial charge in [0, 0.05) is 67.9 Å². The first-order chi connectivity index (χ1) is 34.6. The van der Waals surface area contributed by atoms with Crippen LogP contribution < -0.4 is 10.6 Å². The molecule has 404 valence electrons. The monoisotopic (exact) mass is 1030 g/mol. The number of rotatable bonds is 16. The number of hydrogen-bond donors (Lipinski definition) is 4. The molecule has 0 saturated carbocycles. The number of carbonyl (C=O) groups is 7. The predicted molar refractivity (Wildman–Crippen MR) is 275 cm³/mol. The summed E-state index contributed by atoms with van der Waals surface area (Å²) in [6.07, 6.45) is 0.388. The Balaban J connectivity index is 1.33. The lowest BCUT2D eigenvalue weighted by molar-refractivity contribution is -0.147. The topological polar surface area (TPSA) is 216 Å². The number of benzene rings is 2. The number of H-pyrrole nitrogens is 2. The Kier molecular flexibility index (Phi) is 17.4. The fraction of sp³-hybridized carbons (Fsp3) is 0.574. The van der Waals surface area contributed by atoms with Gasteiger partial charge in [-0.15, -0.1) is 0 Å². The van der Waals surface area contributed by atoms with Crippen molar-refractivity contribution in [1.82, 2.24) is 40.2 Å². The fourth-order valence-corrected chi connectivity index (χ4v) is 9.77. The number of esters is 1. The van der Waals surface area contributed by atoms with Crippen LogP contribution >= 0.6 is 0 Å². The van der Waals surface area contributed by atoms with Gasteiger partial charge in [0.25, 0.3) is 0 Å². The van der Waals surface area contributed by atoms with E-state index in [0.717, 1.165) is 10.5 Å². The number of nitrogens with one attached hydrogen (secondary N) is 4. The first kappa shape index (κ1) is 56.6. The fourth-order valence-electron chi connectivity index (χ4n) is 9.77. The minimum Gasteiger partial charge on any atom is -0.461 e. The average molecular weight is 1030 g/mol. The van der Waals surface area contributed by atoms with Crippen LogP contribution in [0, 0.1) is 11.6 Å². The third kappa shape index (κ3) is 13.1. The van der Waals surface area contributed by atoms with Crippen molar-refractivity contribution < 1.29 is 56.6 Å². The molecule has 20 heteroatoms. The lowest BCUT2D eigenvalue weighted by Gasteiger charge is -2.31. The number of ether oxygens (including phenoxy) is 3. The van der Waals surface area contributed by atoms with Crippen LogP contribution in [0.1, 0.15) is 119 Å². The Bertz CT molecular complexity index is 2760. The Morgan fingerprint density at radius 3 is 1.55 bits per heavy atom. The van der Waals surface area contributed by atoms with Crippen LogP contribution in [0.4, 0.5) is 18.4 Å². The van der Waals surface area contributed by atoms with Crippen molar-refractivity contribution in [3.63, 3.8) is 0 Å². The number of nitrogens with zero attached hydrogens (tertiary/aromatic N) is 4.